The lowest BCUT2D eigenvalue weighted by Gasteiger charge is -2.40. The zero-order valence-corrected chi connectivity index (χ0v) is 19.2. The Kier molecular flexibility index (Phi) is 7.76. The first-order chi connectivity index (χ1) is 15.2. The van der Waals surface area contributed by atoms with Gasteiger partial charge >= 0.3 is 0 Å². The maximum absolute atomic E-state index is 10.5. The fourth-order valence-electron chi connectivity index (χ4n) is 4.19. The number of hydrogen-bond acceptors (Lipinski definition) is 4. The van der Waals surface area contributed by atoms with E-state index in [-0.39, 0.29) is 6.04 Å². The Hall–Kier alpha value is -2.18. The minimum absolute atomic E-state index is 0.258. The zero-order chi connectivity index (χ0) is 21.5. The SMILES string of the molecule is O[C@H](COc1ccccc1Br)CN1CCN(C(c2ccccc2)c2ccccc2)CC1. The van der Waals surface area contributed by atoms with Crippen molar-refractivity contribution < 1.29 is 9.84 Å². The van der Waals surface area contributed by atoms with Crippen molar-refractivity contribution in [3.05, 3.63) is 101 Å². The monoisotopic (exact) mass is 480 g/mol. The fourth-order valence-corrected chi connectivity index (χ4v) is 4.59. The van der Waals surface area contributed by atoms with Crippen LogP contribution in [0.25, 0.3) is 0 Å². The van der Waals surface area contributed by atoms with Gasteiger partial charge in [-0.3, -0.25) is 9.80 Å². The first-order valence-electron chi connectivity index (χ1n) is 10.8. The van der Waals surface area contributed by atoms with Gasteiger partial charge in [0.2, 0.25) is 0 Å². The van der Waals surface area contributed by atoms with Gasteiger partial charge in [-0.25, -0.2) is 0 Å². The lowest BCUT2D eigenvalue weighted by atomic mass is 9.96. The Morgan fingerprint density at radius 1 is 0.774 bits per heavy atom. The lowest BCUT2D eigenvalue weighted by molar-refractivity contribution is 0.0399. The molecule has 0 radical (unpaired) electrons. The van der Waals surface area contributed by atoms with Gasteiger partial charge in [0.15, 0.2) is 0 Å². The van der Waals surface area contributed by atoms with Crippen LogP contribution >= 0.6 is 15.9 Å². The van der Waals surface area contributed by atoms with Crippen molar-refractivity contribution >= 4 is 15.9 Å². The van der Waals surface area contributed by atoms with Crippen molar-refractivity contribution in [1.29, 1.82) is 0 Å². The van der Waals surface area contributed by atoms with E-state index in [0.29, 0.717) is 13.2 Å². The summed E-state index contributed by atoms with van der Waals surface area (Å²) in [4.78, 5) is 4.88. The number of benzene rings is 3. The second-order valence-corrected chi connectivity index (χ2v) is 8.81. The number of para-hydroxylation sites is 1. The molecule has 31 heavy (non-hydrogen) atoms. The Morgan fingerprint density at radius 2 is 1.32 bits per heavy atom. The van der Waals surface area contributed by atoms with Crippen molar-refractivity contribution in [2.45, 2.75) is 12.1 Å². The van der Waals surface area contributed by atoms with E-state index >= 15 is 0 Å². The summed E-state index contributed by atoms with van der Waals surface area (Å²) in [5.74, 6) is 0.764. The van der Waals surface area contributed by atoms with Gasteiger partial charge in [0.25, 0.3) is 0 Å². The molecule has 1 aliphatic rings. The molecule has 5 heteroatoms. The normalized spacial score (nSPS) is 16.4. The third kappa shape index (κ3) is 5.95. The summed E-state index contributed by atoms with van der Waals surface area (Å²) in [6.07, 6.45) is -0.516. The Morgan fingerprint density at radius 3 is 1.90 bits per heavy atom. The molecule has 0 aliphatic carbocycles. The number of aliphatic hydroxyl groups excluding tert-OH is 1. The van der Waals surface area contributed by atoms with Crippen LogP contribution in [0, 0.1) is 0 Å². The van der Waals surface area contributed by atoms with Gasteiger partial charge in [-0.15, -0.1) is 0 Å². The molecule has 1 saturated heterocycles. The minimum Gasteiger partial charge on any atom is -0.490 e. The summed E-state index contributed by atoms with van der Waals surface area (Å²) < 4.78 is 6.69. The molecule has 0 amide bonds. The maximum Gasteiger partial charge on any atom is 0.133 e. The number of halogens is 1. The van der Waals surface area contributed by atoms with E-state index in [9.17, 15) is 5.11 Å². The topological polar surface area (TPSA) is 35.9 Å². The predicted molar refractivity (Wildman–Crippen MR) is 128 cm³/mol. The molecular weight excluding hydrogens is 452 g/mol. The standard InChI is InChI=1S/C26H29BrN2O2/c27-24-13-7-8-14-25(24)31-20-23(30)19-28-15-17-29(18-16-28)26(21-9-3-1-4-10-21)22-11-5-2-6-12-22/h1-14,23,26,30H,15-20H2/t23-/m0/s1. The Bertz CT molecular complexity index is 891. The molecule has 3 aromatic carbocycles. The minimum atomic E-state index is -0.516. The van der Waals surface area contributed by atoms with Crippen LogP contribution in [0.5, 0.6) is 5.75 Å². The lowest BCUT2D eigenvalue weighted by Crippen LogP contribution is -2.50. The number of piperazine rings is 1. The van der Waals surface area contributed by atoms with Crippen molar-refractivity contribution in [2.24, 2.45) is 0 Å². The highest BCUT2D eigenvalue weighted by atomic mass is 79.9. The molecule has 0 saturated carbocycles. The van der Waals surface area contributed by atoms with Gasteiger partial charge in [0.05, 0.1) is 10.5 Å². The van der Waals surface area contributed by atoms with Crippen LogP contribution in [0.2, 0.25) is 0 Å². The van der Waals surface area contributed by atoms with Crippen molar-refractivity contribution in [2.75, 3.05) is 39.3 Å². The average molecular weight is 481 g/mol. The number of nitrogens with zero attached hydrogens (tertiary/aromatic N) is 2. The molecule has 1 N–H and O–H groups in total. The third-order valence-electron chi connectivity index (χ3n) is 5.74. The van der Waals surface area contributed by atoms with Crippen LogP contribution in [0.3, 0.4) is 0 Å². The first kappa shape index (κ1) is 22.0. The fraction of sp³-hybridized carbons (Fsp3) is 0.308. The molecule has 0 aromatic heterocycles. The molecule has 3 aromatic rings. The van der Waals surface area contributed by atoms with Crippen LogP contribution in [-0.4, -0.2) is 60.3 Å². The molecule has 1 atom stereocenters. The van der Waals surface area contributed by atoms with E-state index in [1.807, 2.05) is 24.3 Å². The van der Waals surface area contributed by atoms with Gasteiger partial charge in [-0.2, -0.15) is 0 Å². The van der Waals surface area contributed by atoms with Gasteiger partial charge in [0.1, 0.15) is 18.5 Å². The molecule has 0 spiro atoms. The Labute approximate surface area is 193 Å². The average Bonchev–Trinajstić information content (AvgIpc) is 2.81. The highest BCUT2D eigenvalue weighted by molar-refractivity contribution is 9.10. The summed E-state index contributed by atoms with van der Waals surface area (Å²) in [6, 6.07) is 29.4. The van der Waals surface area contributed by atoms with Crippen LogP contribution < -0.4 is 4.74 Å². The van der Waals surface area contributed by atoms with Crippen molar-refractivity contribution in [3.63, 3.8) is 0 Å². The molecule has 1 fully saturated rings. The maximum atomic E-state index is 10.5. The van der Waals surface area contributed by atoms with E-state index in [1.54, 1.807) is 0 Å². The summed E-state index contributed by atoms with van der Waals surface area (Å²) in [5.41, 5.74) is 2.65. The van der Waals surface area contributed by atoms with Crippen LogP contribution in [0.4, 0.5) is 0 Å². The van der Waals surface area contributed by atoms with Crippen LogP contribution in [-0.2, 0) is 0 Å². The molecular formula is C26H29BrN2O2. The zero-order valence-electron chi connectivity index (χ0n) is 17.6. The van der Waals surface area contributed by atoms with Crippen molar-refractivity contribution in [3.8, 4) is 5.75 Å². The van der Waals surface area contributed by atoms with Crippen LogP contribution in [0.1, 0.15) is 17.2 Å². The number of rotatable bonds is 8. The van der Waals surface area contributed by atoms with E-state index < -0.39 is 6.10 Å². The quantitative estimate of drug-likeness (QED) is 0.511. The first-order valence-corrected chi connectivity index (χ1v) is 11.6. The molecule has 0 unspecified atom stereocenters. The summed E-state index contributed by atoms with van der Waals surface area (Å²) in [6.45, 7) is 4.71. The summed E-state index contributed by atoms with van der Waals surface area (Å²) in [7, 11) is 0. The molecule has 0 bridgehead atoms. The molecule has 4 rings (SSSR count). The van der Waals surface area contributed by atoms with Gasteiger partial charge in [-0.1, -0.05) is 72.8 Å². The Balaban J connectivity index is 1.33. The predicted octanol–water partition coefficient (Wildman–Crippen LogP) is 4.60. The van der Waals surface area contributed by atoms with E-state index in [1.165, 1.54) is 11.1 Å². The van der Waals surface area contributed by atoms with Crippen molar-refractivity contribution in [1.82, 2.24) is 9.80 Å². The molecule has 1 aliphatic heterocycles. The smallest absolute Gasteiger partial charge is 0.133 e. The largest absolute Gasteiger partial charge is 0.490 e. The van der Waals surface area contributed by atoms with Gasteiger partial charge in [-0.05, 0) is 39.2 Å². The number of hydrogen-bond donors (Lipinski definition) is 1. The summed E-state index contributed by atoms with van der Waals surface area (Å²) in [5, 5.41) is 10.5. The van der Waals surface area contributed by atoms with E-state index in [0.717, 1.165) is 36.4 Å². The number of β-amino-alcohol motifs (C(OH)–C–C–N with tert-alkyl or cyclic N) is 1. The molecule has 4 nitrogen and oxygen atoms in total. The van der Waals surface area contributed by atoms with Gasteiger partial charge < -0.3 is 9.84 Å². The molecule has 162 valence electrons. The summed E-state index contributed by atoms with van der Waals surface area (Å²) >= 11 is 3.48. The third-order valence-corrected chi connectivity index (χ3v) is 6.39. The highest BCUT2D eigenvalue weighted by Gasteiger charge is 2.27. The van der Waals surface area contributed by atoms with E-state index in [4.69, 9.17) is 4.74 Å². The molecule has 1 heterocycles. The number of ether oxygens (including phenoxy) is 1. The van der Waals surface area contributed by atoms with E-state index in [2.05, 4.69) is 86.4 Å². The second-order valence-electron chi connectivity index (χ2n) is 7.96. The van der Waals surface area contributed by atoms with Gasteiger partial charge in [0, 0.05) is 32.7 Å². The second kappa shape index (κ2) is 10.9. The van der Waals surface area contributed by atoms with Crippen LogP contribution in [0.15, 0.2) is 89.4 Å². The highest BCUT2D eigenvalue weighted by Crippen LogP contribution is 2.29. The number of aliphatic hydroxyl groups is 1.